The maximum absolute atomic E-state index is 14.0. The highest BCUT2D eigenvalue weighted by atomic mass is 16.6. The minimum absolute atomic E-state index is 0.0168. The fourth-order valence-electron chi connectivity index (χ4n) is 6.02. The molecule has 35 heavy (non-hydrogen) atoms. The Morgan fingerprint density at radius 3 is 2.20 bits per heavy atom. The second-order valence-corrected chi connectivity index (χ2v) is 9.84. The van der Waals surface area contributed by atoms with Gasteiger partial charge in [-0.05, 0) is 79.1 Å². The molecule has 0 unspecified atom stereocenters. The van der Waals surface area contributed by atoms with E-state index in [0.717, 1.165) is 19.3 Å². The number of allylic oxidation sites excluding steroid dienone is 1. The summed E-state index contributed by atoms with van der Waals surface area (Å²) in [6.45, 7) is 0. The summed E-state index contributed by atoms with van der Waals surface area (Å²) in [5.74, 6) is -1.53. The van der Waals surface area contributed by atoms with Crippen molar-refractivity contribution in [1.29, 1.82) is 0 Å². The minimum Gasteiger partial charge on any atom is -0.365 e. The van der Waals surface area contributed by atoms with Crippen LogP contribution >= 0.6 is 0 Å². The van der Waals surface area contributed by atoms with Crippen molar-refractivity contribution in [1.82, 2.24) is 0 Å². The highest BCUT2D eigenvalue weighted by Crippen LogP contribution is 2.61. The molecule has 3 aliphatic rings. The van der Waals surface area contributed by atoms with Crippen molar-refractivity contribution >= 4 is 23.2 Å². The van der Waals surface area contributed by atoms with E-state index in [2.05, 4.69) is 0 Å². The molecule has 2 aliphatic carbocycles. The van der Waals surface area contributed by atoms with Gasteiger partial charge in [-0.2, -0.15) is 0 Å². The van der Waals surface area contributed by atoms with Crippen LogP contribution in [0.1, 0.15) is 62.2 Å². The monoisotopic (exact) mass is 478 g/mol. The number of hydrogen-bond donors (Lipinski definition) is 1. The molecule has 182 valence electrons. The summed E-state index contributed by atoms with van der Waals surface area (Å²) < 4.78 is 6.38. The predicted octanol–water partition coefficient (Wildman–Crippen LogP) is 5.28. The van der Waals surface area contributed by atoms with Gasteiger partial charge < -0.3 is 9.84 Å². The molecule has 5 rings (SSSR count). The zero-order valence-corrected chi connectivity index (χ0v) is 19.1. The van der Waals surface area contributed by atoms with E-state index in [-0.39, 0.29) is 23.1 Å². The number of carbonyl (C=O) groups excluding carboxylic acids is 1. The fourth-order valence-corrected chi connectivity index (χ4v) is 6.02. The van der Waals surface area contributed by atoms with Crippen molar-refractivity contribution in [3.8, 4) is 0 Å². The Morgan fingerprint density at radius 1 is 0.943 bits per heavy atom. The van der Waals surface area contributed by atoms with Gasteiger partial charge in [0.25, 0.3) is 11.4 Å². The second kappa shape index (κ2) is 8.66. The molecule has 1 saturated heterocycles. The Kier molecular flexibility index (Phi) is 5.77. The van der Waals surface area contributed by atoms with Crippen molar-refractivity contribution in [2.24, 2.45) is 11.3 Å². The molecule has 2 aromatic carbocycles. The van der Waals surface area contributed by atoms with Crippen LogP contribution in [0.2, 0.25) is 0 Å². The first kappa shape index (κ1) is 23.3. The molecule has 0 radical (unpaired) electrons. The molecule has 9 heteroatoms. The summed E-state index contributed by atoms with van der Waals surface area (Å²) in [5, 5.41) is 33.4. The van der Waals surface area contributed by atoms with Crippen molar-refractivity contribution in [2.75, 3.05) is 0 Å². The topological polar surface area (TPSA) is 133 Å². The van der Waals surface area contributed by atoms with Crippen LogP contribution in [0.5, 0.6) is 0 Å². The number of hydrogen-bond acceptors (Lipinski definition) is 7. The number of carbonyl (C=O) groups is 1. The number of non-ortho nitro benzene ring substituents is 2. The molecule has 9 nitrogen and oxygen atoms in total. The van der Waals surface area contributed by atoms with Gasteiger partial charge in [0.15, 0.2) is 11.6 Å². The number of nitrogens with zero attached hydrogens (tertiary/aromatic N) is 2. The molecule has 0 amide bonds. The molecule has 2 saturated carbocycles. The van der Waals surface area contributed by atoms with Crippen LogP contribution in [0.15, 0.2) is 54.1 Å². The van der Waals surface area contributed by atoms with Crippen molar-refractivity contribution < 1.29 is 24.5 Å². The number of rotatable bonds is 4. The Labute approximate surface area is 201 Å². The lowest BCUT2D eigenvalue weighted by Crippen LogP contribution is -2.55. The minimum atomic E-state index is -1.32. The molecule has 3 fully saturated rings. The Hall–Kier alpha value is -3.43. The van der Waals surface area contributed by atoms with Crippen LogP contribution in [0.3, 0.4) is 0 Å². The van der Waals surface area contributed by atoms with E-state index in [0.29, 0.717) is 42.4 Å². The number of Topliss-reactive ketones (excluding diaryl/α,β-unsaturated/α-hetero) is 1. The summed E-state index contributed by atoms with van der Waals surface area (Å²) in [6.07, 6.45) is 5.68. The molecule has 1 spiro atoms. The molecule has 1 heterocycles. The summed E-state index contributed by atoms with van der Waals surface area (Å²) >= 11 is 0. The maximum atomic E-state index is 14.0. The SMILES string of the molecule is O=C1/C(=C/c2ccc([N+](=O)[O-])cc2)CC[C@]12C[C@H]1CCCC[C@]1(O)O[C@@H]2c1ccc([N+](=O)[O-])cc1. The van der Waals surface area contributed by atoms with Gasteiger partial charge in [-0.1, -0.05) is 6.42 Å². The Balaban J connectivity index is 1.52. The lowest BCUT2D eigenvalue weighted by Gasteiger charge is -2.53. The van der Waals surface area contributed by atoms with Gasteiger partial charge in [-0.15, -0.1) is 0 Å². The van der Waals surface area contributed by atoms with Gasteiger partial charge in [0, 0.05) is 36.6 Å². The molecular weight excluding hydrogens is 452 g/mol. The Morgan fingerprint density at radius 2 is 1.57 bits per heavy atom. The van der Waals surface area contributed by atoms with Crippen molar-refractivity contribution in [2.45, 2.75) is 56.8 Å². The normalized spacial score (nSPS) is 31.5. The highest BCUT2D eigenvalue weighted by molar-refractivity contribution is 6.06. The summed E-state index contributed by atoms with van der Waals surface area (Å²) in [6, 6.07) is 12.1. The van der Waals surface area contributed by atoms with Crippen molar-refractivity contribution in [3.05, 3.63) is 85.5 Å². The zero-order valence-electron chi connectivity index (χ0n) is 19.1. The van der Waals surface area contributed by atoms with Gasteiger partial charge >= 0.3 is 0 Å². The maximum Gasteiger partial charge on any atom is 0.269 e. The molecule has 1 aliphatic heterocycles. The van der Waals surface area contributed by atoms with E-state index in [1.165, 1.54) is 24.3 Å². The molecule has 2 aromatic rings. The number of nitro groups is 2. The van der Waals surface area contributed by atoms with E-state index in [9.17, 15) is 30.1 Å². The lowest BCUT2D eigenvalue weighted by molar-refractivity contribution is -0.385. The van der Waals surface area contributed by atoms with Crippen molar-refractivity contribution in [3.63, 3.8) is 0 Å². The van der Waals surface area contributed by atoms with Crippen LogP contribution in [-0.2, 0) is 9.53 Å². The van der Waals surface area contributed by atoms with Gasteiger partial charge in [-0.25, -0.2) is 0 Å². The van der Waals surface area contributed by atoms with Crippen LogP contribution < -0.4 is 0 Å². The molecule has 4 atom stereocenters. The fraction of sp³-hybridized carbons (Fsp3) is 0.423. The van der Waals surface area contributed by atoms with E-state index < -0.39 is 27.2 Å². The third-order valence-corrected chi connectivity index (χ3v) is 7.85. The second-order valence-electron chi connectivity index (χ2n) is 9.84. The molecule has 0 aromatic heterocycles. The first-order valence-electron chi connectivity index (χ1n) is 11.9. The number of nitro benzene ring substituents is 2. The van der Waals surface area contributed by atoms with Gasteiger partial charge in [-0.3, -0.25) is 25.0 Å². The number of ketones is 1. The first-order chi connectivity index (χ1) is 16.7. The first-order valence-corrected chi connectivity index (χ1v) is 11.9. The number of aliphatic hydroxyl groups is 1. The highest BCUT2D eigenvalue weighted by Gasteiger charge is 2.61. The quantitative estimate of drug-likeness (QED) is 0.359. The number of fused-ring (bicyclic) bond motifs is 1. The van der Waals surface area contributed by atoms with E-state index in [1.54, 1.807) is 30.3 Å². The third-order valence-electron chi connectivity index (χ3n) is 7.85. The standard InChI is InChI=1S/C26H26N2O7/c29-23-19(15-17-4-8-21(9-5-17)27(31)32)12-14-25(23)16-20-3-1-2-13-26(20,30)35-24(25)18-6-10-22(11-7-18)28(33)34/h4-11,15,20,24,30H,1-3,12-14,16H2/b19-15+/t20-,24-,25+,26+/m1/s1. The zero-order chi connectivity index (χ0) is 24.8. The molecular formula is C26H26N2O7. The Bertz CT molecular complexity index is 1210. The smallest absolute Gasteiger partial charge is 0.269 e. The van der Waals surface area contributed by atoms with Crippen LogP contribution in [0.4, 0.5) is 11.4 Å². The number of benzene rings is 2. The van der Waals surface area contributed by atoms with Crippen LogP contribution in [0, 0.1) is 31.6 Å². The molecule has 1 N–H and O–H groups in total. The summed E-state index contributed by atoms with van der Waals surface area (Å²) in [4.78, 5) is 35.1. The van der Waals surface area contributed by atoms with Gasteiger partial charge in [0.1, 0.15) is 0 Å². The molecule has 0 bridgehead atoms. The van der Waals surface area contributed by atoms with Gasteiger partial charge in [0.05, 0.1) is 21.4 Å². The predicted molar refractivity (Wildman–Crippen MR) is 126 cm³/mol. The van der Waals surface area contributed by atoms with Crippen LogP contribution in [-0.4, -0.2) is 26.5 Å². The largest absolute Gasteiger partial charge is 0.365 e. The van der Waals surface area contributed by atoms with Crippen LogP contribution in [0.25, 0.3) is 6.08 Å². The average Bonchev–Trinajstić information content (AvgIpc) is 3.15. The van der Waals surface area contributed by atoms with E-state index >= 15 is 0 Å². The third kappa shape index (κ3) is 4.04. The van der Waals surface area contributed by atoms with Gasteiger partial charge in [0.2, 0.25) is 0 Å². The number of ether oxygens (including phenoxy) is 1. The summed E-state index contributed by atoms with van der Waals surface area (Å²) in [5.41, 5.74) is 1.01. The van der Waals surface area contributed by atoms with E-state index in [1.807, 2.05) is 0 Å². The average molecular weight is 479 g/mol. The van der Waals surface area contributed by atoms with E-state index in [4.69, 9.17) is 4.74 Å². The lowest BCUT2D eigenvalue weighted by atomic mass is 9.63. The summed E-state index contributed by atoms with van der Waals surface area (Å²) in [7, 11) is 0.